The van der Waals surface area contributed by atoms with Crippen molar-refractivity contribution in [3.8, 4) is 0 Å². The van der Waals surface area contributed by atoms with Crippen LogP contribution >= 0.6 is 24.0 Å². The second-order valence-electron chi connectivity index (χ2n) is 8.91. The number of hydrogen-bond acceptors (Lipinski definition) is 3. The minimum Gasteiger partial charge on any atom is -0.356 e. The summed E-state index contributed by atoms with van der Waals surface area (Å²) >= 11 is 0. The van der Waals surface area contributed by atoms with Gasteiger partial charge in [0.15, 0.2) is 5.96 Å². The molecule has 0 radical (unpaired) electrons. The molecule has 7 nitrogen and oxygen atoms in total. The third kappa shape index (κ3) is 6.28. The average molecular weight is 575 g/mol. The fourth-order valence-corrected chi connectivity index (χ4v) is 4.83. The van der Waals surface area contributed by atoms with E-state index in [-0.39, 0.29) is 47.8 Å². The van der Waals surface area contributed by atoms with Gasteiger partial charge >= 0.3 is 0 Å². The van der Waals surface area contributed by atoms with Crippen molar-refractivity contribution in [3.05, 3.63) is 71.3 Å². The zero-order chi connectivity index (χ0) is 23.1. The van der Waals surface area contributed by atoms with Gasteiger partial charge in [-0.1, -0.05) is 55.3 Å². The molecular weight excluding hydrogens is 541 g/mol. The summed E-state index contributed by atoms with van der Waals surface area (Å²) < 4.78 is 0. The van der Waals surface area contributed by atoms with Crippen molar-refractivity contribution in [1.29, 1.82) is 0 Å². The molecule has 0 spiro atoms. The van der Waals surface area contributed by atoms with Crippen LogP contribution in [0.25, 0.3) is 0 Å². The Bertz CT molecular complexity index is 988. The van der Waals surface area contributed by atoms with Gasteiger partial charge in [0.1, 0.15) is 0 Å². The lowest BCUT2D eigenvalue weighted by atomic mass is 9.79. The largest absolute Gasteiger partial charge is 0.356 e. The SMILES string of the molecule is CN=C(NCc1ccc(C(=O)N2CCNC(=O)C2)cc1)NCC1(c2ccccc2)CCCC1.I. The summed E-state index contributed by atoms with van der Waals surface area (Å²) in [7, 11) is 1.79. The van der Waals surface area contributed by atoms with E-state index in [0.717, 1.165) is 18.1 Å². The maximum atomic E-state index is 12.6. The summed E-state index contributed by atoms with van der Waals surface area (Å²) in [5.41, 5.74) is 3.22. The number of carbonyl (C=O) groups is 2. The van der Waals surface area contributed by atoms with E-state index >= 15 is 0 Å². The van der Waals surface area contributed by atoms with Crippen LogP contribution in [0.5, 0.6) is 0 Å². The molecule has 1 saturated carbocycles. The minimum atomic E-state index is -0.110. The number of rotatable bonds is 6. The molecule has 182 valence electrons. The normalized spacial score (nSPS) is 17.5. The molecule has 2 fully saturated rings. The van der Waals surface area contributed by atoms with Gasteiger partial charge < -0.3 is 20.9 Å². The highest BCUT2D eigenvalue weighted by molar-refractivity contribution is 14.0. The molecule has 1 aliphatic heterocycles. The van der Waals surface area contributed by atoms with Gasteiger partial charge in [-0.25, -0.2) is 0 Å². The van der Waals surface area contributed by atoms with Crippen molar-refractivity contribution in [2.45, 2.75) is 37.6 Å². The van der Waals surface area contributed by atoms with Gasteiger partial charge in [0.05, 0.1) is 6.54 Å². The Labute approximate surface area is 218 Å². The summed E-state index contributed by atoms with van der Waals surface area (Å²) in [6.07, 6.45) is 4.90. The zero-order valence-corrected chi connectivity index (χ0v) is 22.0. The van der Waals surface area contributed by atoms with E-state index in [4.69, 9.17) is 0 Å². The third-order valence-electron chi connectivity index (χ3n) is 6.75. The molecule has 0 atom stereocenters. The monoisotopic (exact) mass is 575 g/mol. The standard InChI is InChI=1S/C26H33N5O2.HI/c1-27-25(30-19-26(13-5-6-14-26)22-7-3-2-4-8-22)29-17-20-9-11-21(12-10-20)24(33)31-16-15-28-23(32)18-31;/h2-4,7-12H,5-6,13-19H2,1H3,(H,28,32)(H2,27,29,30);1H. The summed E-state index contributed by atoms with van der Waals surface area (Å²) in [5, 5.41) is 9.67. The van der Waals surface area contributed by atoms with E-state index < -0.39 is 0 Å². The molecule has 4 rings (SSSR count). The highest BCUT2D eigenvalue weighted by atomic mass is 127. The van der Waals surface area contributed by atoms with Crippen LogP contribution in [0.4, 0.5) is 0 Å². The maximum Gasteiger partial charge on any atom is 0.254 e. The predicted octanol–water partition coefficient (Wildman–Crippen LogP) is 3.05. The molecule has 3 N–H and O–H groups in total. The van der Waals surface area contributed by atoms with Crippen molar-refractivity contribution >= 4 is 41.8 Å². The summed E-state index contributed by atoms with van der Waals surface area (Å²) in [6.45, 7) is 2.63. The zero-order valence-electron chi connectivity index (χ0n) is 19.7. The Kier molecular flexibility index (Phi) is 9.32. The second-order valence-corrected chi connectivity index (χ2v) is 8.91. The third-order valence-corrected chi connectivity index (χ3v) is 6.75. The number of nitrogens with zero attached hydrogens (tertiary/aromatic N) is 2. The van der Waals surface area contributed by atoms with E-state index in [1.807, 2.05) is 24.3 Å². The quantitative estimate of drug-likeness (QED) is 0.281. The Morgan fingerprint density at radius 1 is 1.06 bits per heavy atom. The summed E-state index contributed by atoms with van der Waals surface area (Å²) in [5.74, 6) is 0.558. The number of hydrogen-bond donors (Lipinski definition) is 3. The van der Waals surface area contributed by atoms with Gasteiger partial charge in [0.2, 0.25) is 5.91 Å². The van der Waals surface area contributed by atoms with E-state index in [1.165, 1.54) is 31.2 Å². The molecule has 0 bridgehead atoms. The Morgan fingerprint density at radius 3 is 2.41 bits per heavy atom. The average Bonchev–Trinajstić information content (AvgIpc) is 3.35. The molecule has 2 aromatic rings. The lowest BCUT2D eigenvalue weighted by Gasteiger charge is -2.30. The van der Waals surface area contributed by atoms with E-state index in [2.05, 4.69) is 51.3 Å². The lowest BCUT2D eigenvalue weighted by Crippen LogP contribution is -2.49. The first-order valence-electron chi connectivity index (χ1n) is 11.7. The molecule has 34 heavy (non-hydrogen) atoms. The number of halogens is 1. The molecule has 1 saturated heterocycles. The highest BCUT2D eigenvalue weighted by Gasteiger charge is 2.35. The number of benzene rings is 2. The smallest absolute Gasteiger partial charge is 0.254 e. The Balaban J connectivity index is 0.00000324. The van der Waals surface area contributed by atoms with Gasteiger partial charge in [0, 0.05) is 44.2 Å². The van der Waals surface area contributed by atoms with Crippen molar-refractivity contribution in [2.75, 3.05) is 33.2 Å². The fourth-order valence-electron chi connectivity index (χ4n) is 4.83. The summed E-state index contributed by atoms with van der Waals surface area (Å²) in [4.78, 5) is 30.2. The first-order chi connectivity index (χ1) is 16.1. The van der Waals surface area contributed by atoms with Crippen molar-refractivity contribution in [1.82, 2.24) is 20.9 Å². The Hall–Kier alpha value is -2.62. The number of guanidine groups is 1. The van der Waals surface area contributed by atoms with Crippen molar-refractivity contribution < 1.29 is 9.59 Å². The van der Waals surface area contributed by atoms with Gasteiger partial charge in [0.25, 0.3) is 5.91 Å². The molecule has 1 heterocycles. The molecule has 2 aromatic carbocycles. The van der Waals surface area contributed by atoms with Crippen LogP contribution in [0.3, 0.4) is 0 Å². The maximum absolute atomic E-state index is 12.6. The minimum absolute atomic E-state index is 0. The van der Waals surface area contributed by atoms with Crippen molar-refractivity contribution in [2.24, 2.45) is 4.99 Å². The Morgan fingerprint density at radius 2 is 1.76 bits per heavy atom. The highest BCUT2D eigenvalue weighted by Crippen LogP contribution is 2.40. The van der Waals surface area contributed by atoms with Crippen LogP contribution in [0.2, 0.25) is 0 Å². The number of aliphatic imine (C=N–C) groups is 1. The predicted molar refractivity (Wildman–Crippen MR) is 146 cm³/mol. The van der Waals surface area contributed by atoms with Gasteiger partial charge in [-0.05, 0) is 36.1 Å². The molecule has 2 aliphatic rings. The van der Waals surface area contributed by atoms with Crippen LogP contribution in [0.15, 0.2) is 59.6 Å². The van der Waals surface area contributed by atoms with Crippen LogP contribution in [0, 0.1) is 0 Å². The van der Waals surface area contributed by atoms with Crippen LogP contribution in [0.1, 0.15) is 47.2 Å². The van der Waals surface area contributed by atoms with Crippen LogP contribution in [-0.4, -0.2) is 55.9 Å². The van der Waals surface area contributed by atoms with E-state index in [1.54, 1.807) is 11.9 Å². The second kappa shape index (κ2) is 12.2. The van der Waals surface area contributed by atoms with Gasteiger partial charge in [-0.15, -0.1) is 24.0 Å². The molecule has 8 heteroatoms. The van der Waals surface area contributed by atoms with E-state index in [0.29, 0.717) is 25.2 Å². The molecule has 0 aromatic heterocycles. The van der Waals surface area contributed by atoms with Crippen molar-refractivity contribution in [3.63, 3.8) is 0 Å². The van der Waals surface area contributed by atoms with Gasteiger partial charge in [-0.3, -0.25) is 14.6 Å². The lowest BCUT2D eigenvalue weighted by molar-refractivity contribution is -0.123. The fraction of sp³-hybridized carbons (Fsp3) is 0.423. The van der Waals surface area contributed by atoms with Gasteiger partial charge in [-0.2, -0.15) is 0 Å². The number of piperazine rings is 1. The van der Waals surface area contributed by atoms with Crippen LogP contribution in [-0.2, 0) is 16.8 Å². The van der Waals surface area contributed by atoms with E-state index in [9.17, 15) is 9.59 Å². The molecular formula is C26H34IN5O2. The topological polar surface area (TPSA) is 85.8 Å². The first kappa shape index (κ1) is 26.0. The first-order valence-corrected chi connectivity index (χ1v) is 11.7. The number of carbonyl (C=O) groups excluding carboxylic acids is 2. The summed E-state index contributed by atoms with van der Waals surface area (Å²) in [6, 6.07) is 18.3. The number of nitrogens with one attached hydrogen (secondary N) is 3. The molecule has 2 amide bonds. The molecule has 1 aliphatic carbocycles. The van der Waals surface area contributed by atoms with Crippen LogP contribution < -0.4 is 16.0 Å². The molecule has 0 unspecified atom stereocenters. The number of amides is 2.